The molecule has 0 saturated heterocycles. The molecule has 1 heterocycles. The lowest BCUT2D eigenvalue weighted by atomic mass is 10.1. The summed E-state index contributed by atoms with van der Waals surface area (Å²) in [7, 11) is 0. The lowest BCUT2D eigenvalue weighted by Gasteiger charge is -2.03. The Labute approximate surface area is 139 Å². The molecule has 0 radical (unpaired) electrons. The number of aromatic nitrogens is 1. The highest BCUT2D eigenvalue weighted by atomic mass is 35.5. The Balaban J connectivity index is 1.80. The molecule has 0 aliphatic rings. The lowest BCUT2D eigenvalue weighted by Crippen LogP contribution is -1.99. The van der Waals surface area contributed by atoms with Crippen molar-refractivity contribution >= 4 is 17.5 Å². The third-order valence-electron chi connectivity index (χ3n) is 3.40. The number of nitriles is 1. The number of nitrogens with zero attached hydrogens (tertiary/aromatic N) is 2. The molecular formula is C18H14ClN3O. The molecule has 0 bridgehead atoms. The SMILES string of the molecule is Cc1ccc(CNc2oc(-c3ccc(Cl)cc3)nc2C#N)cc1. The Hall–Kier alpha value is -2.77. The first-order valence-electron chi connectivity index (χ1n) is 7.12. The summed E-state index contributed by atoms with van der Waals surface area (Å²) in [5, 5.41) is 13.0. The zero-order chi connectivity index (χ0) is 16.2. The van der Waals surface area contributed by atoms with Crippen molar-refractivity contribution < 1.29 is 4.42 Å². The van der Waals surface area contributed by atoms with E-state index < -0.39 is 0 Å². The smallest absolute Gasteiger partial charge is 0.232 e. The van der Waals surface area contributed by atoms with Crippen LogP contribution >= 0.6 is 11.6 Å². The van der Waals surface area contributed by atoms with E-state index in [1.165, 1.54) is 5.56 Å². The zero-order valence-corrected chi connectivity index (χ0v) is 13.3. The van der Waals surface area contributed by atoms with E-state index in [4.69, 9.17) is 16.0 Å². The highest BCUT2D eigenvalue weighted by Gasteiger charge is 2.14. The Bertz CT molecular complexity index is 845. The van der Waals surface area contributed by atoms with Gasteiger partial charge in [0, 0.05) is 17.1 Å². The summed E-state index contributed by atoms with van der Waals surface area (Å²) in [4.78, 5) is 4.22. The van der Waals surface area contributed by atoms with Gasteiger partial charge in [-0.1, -0.05) is 41.4 Å². The van der Waals surface area contributed by atoms with Crippen LogP contribution in [0.25, 0.3) is 11.5 Å². The molecule has 0 unspecified atom stereocenters. The van der Waals surface area contributed by atoms with Crippen LogP contribution in [0.3, 0.4) is 0 Å². The number of rotatable bonds is 4. The first-order chi connectivity index (χ1) is 11.2. The fraction of sp³-hybridized carbons (Fsp3) is 0.111. The minimum atomic E-state index is 0.238. The molecule has 1 aromatic heterocycles. The third-order valence-corrected chi connectivity index (χ3v) is 3.65. The summed E-state index contributed by atoms with van der Waals surface area (Å²) in [6.07, 6.45) is 0. The standard InChI is InChI=1S/C18H14ClN3O/c1-12-2-4-13(5-3-12)11-21-18-16(10-20)22-17(23-18)14-6-8-15(19)9-7-14/h2-9,21H,11H2,1H3. The van der Waals surface area contributed by atoms with Gasteiger partial charge in [0.25, 0.3) is 0 Å². The quantitative estimate of drug-likeness (QED) is 0.750. The third kappa shape index (κ3) is 3.53. The molecule has 0 atom stereocenters. The predicted octanol–water partition coefficient (Wildman–Crippen LogP) is 4.79. The summed E-state index contributed by atoms with van der Waals surface area (Å²) in [6, 6.07) is 17.3. The van der Waals surface area contributed by atoms with Gasteiger partial charge in [-0.15, -0.1) is 0 Å². The highest BCUT2D eigenvalue weighted by Crippen LogP contribution is 2.26. The predicted molar refractivity (Wildman–Crippen MR) is 90.2 cm³/mol. The molecule has 114 valence electrons. The average molecular weight is 324 g/mol. The summed E-state index contributed by atoms with van der Waals surface area (Å²) in [5.41, 5.74) is 3.32. The van der Waals surface area contributed by atoms with E-state index in [1.807, 2.05) is 37.3 Å². The molecule has 3 rings (SSSR count). The van der Waals surface area contributed by atoms with Gasteiger partial charge in [0.2, 0.25) is 17.5 Å². The van der Waals surface area contributed by atoms with Crippen molar-refractivity contribution in [1.82, 2.24) is 4.98 Å². The van der Waals surface area contributed by atoms with E-state index >= 15 is 0 Å². The number of anilines is 1. The average Bonchev–Trinajstić information content (AvgIpc) is 2.98. The second-order valence-corrected chi connectivity index (χ2v) is 5.59. The van der Waals surface area contributed by atoms with Crippen molar-refractivity contribution in [3.63, 3.8) is 0 Å². The van der Waals surface area contributed by atoms with E-state index in [0.29, 0.717) is 23.3 Å². The summed E-state index contributed by atoms with van der Waals surface area (Å²) >= 11 is 5.88. The van der Waals surface area contributed by atoms with Crippen molar-refractivity contribution in [2.24, 2.45) is 0 Å². The van der Waals surface area contributed by atoms with Crippen LogP contribution in [0.2, 0.25) is 5.02 Å². The Morgan fingerprint density at radius 1 is 1.13 bits per heavy atom. The van der Waals surface area contributed by atoms with Crippen LogP contribution in [-0.4, -0.2) is 4.98 Å². The summed E-state index contributed by atoms with van der Waals surface area (Å²) in [6.45, 7) is 2.60. The van der Waals surface area contributed by atoms with Crippen LogP contribution in [0.1, 0.15) is 16.8 Å². The van der Waals surface area contributed by atoms with Gasteiger partial charge >= 0.3 is 0 Å². The van der Waals surface area contributed by atoms with Gasteiger partial charge in [-0.25, -0.2) is 0 Å². The van der Waals surface area contributed by atoms with Crippen molar-refractivity contribution in [2.45, 2.75) is 13.5 Å². The number of hydrogen-bond acceptors (Lipinski definition) is 4. The second kappa shape index (κ2) is 6.55. The van der Waals surface area contributed by atoms with Gasteiger partial charge in [-0.2, -0.15) is 10.2 Å². The minimum absolute atomic E-state index is 0.238. The van der Waals surface area contributed by atoms with E-state index in [1.54, 1.807) is 24.3 Å². The first-order valence-corrected chi connectivity index (χ1v) is 7.50. The minimum Gasteiger partial charge on any atom is -0.419 e. The van der Waals surface area contributed by atoms with Crippen LogP contribution in [-0.2, 0) is 6.54 Å². The largest absolute Gasteiger partial charge is 0.419 e. The number of nitrogens with one attached hydrogen (secondary N) is 1. The van der Waals surface area contributed by atoms with Gasteiger partial charge in [-0.05, 0) is 36.8 Å². The van der Waals surface area contributed by atoms with Gasteiger partial charge in [0.15, 0.2) is 0 Å². The molecule has 0 spiro atoms. The normalized spacial score (nSPS) is 10.3. The molecule has 0 aliphatic carbocycles. The topological polar surface area (TPSA) is 61.9 Å². The van der Waals surface area contributed by atoms with Crippen molar-refractivity contribution in [3.8, 4) is 17.5 Å². The molecule has 0 amide bonds. The maximum Gasteiger partial charge on any atom is 0.232 e. The fourth-order valence-corrected chi connectivity index (χ4v) is 2.25. The maximum absolute atomic E-state index is 9.22. The second-order valence-electron chi connectivity index (χ2n) is 5.15. The number of hydrogen-bond donors (Lipinski definition) is 1. The molecule has 1 N–H and O–H groups in total. The van der Waals surface area contributed by atoms with Gasteiger partial charge in [0.05, 0.1) is 0 Å². The van der Waals surface area contributed by atoms with E-state index in [9.17, 15) is 5.26 Å². The van der Waals surface area contributed by atoms with Crippen molar-refractivity contribution in [3.05, 3.63) is 70.4 Å². The first kappa shape index (κ1) is 15.1. The van der Waals surface area contributed by atoms with Crippen molar-refractivity contribution in [2.75, 3.05) is 5.32 Å². The number of oxazole rings is 1. The molecule has 0 aliphatic heterocycles. The molecule has 4 nitrogen and oxygen atoms in total. The van der Waals surface area contributed by atoms with Crippen LogP contribution in [0.4, 0.5) is 5.88 Å². The zero-order valence-electron chi connectivity index (χ0n) is 12.5. The maximum atomic E-state index is 9.22. The molecule has 23 heavy (non-hydrogen) atoms. The highest BCUT2D eigenvalue weighted by molar-refractivity contribution is 6.30. The Kier molecular flexibility index (Phi) is 4.31. The molecule has 3 aromatic rings. The molecule has 5 heteroatoms. The fourth-order valence-electron chi connectivity index (χ4n) is 2.12. The van der Waals surface area contributed by atoms with Crippen LogP contribution < -0.4 is 5.32 Å². The monoisotopic (exact) mass is 323 g/mol. The van der Waals surface area contributed by atoms with Gasteiger partial charge < -0.3 is 9.73 Å². The number of halogens is 1. The van der Waals surface area contributed by atoms with Crippen LogP contribution in [0, 0.1) is 18.3 Å². The molecule has 0 fully saturated rings. The summed E-state index contributed by atoms with van der Waals surface area (Å²) < 4.78 is 5.69. The molecule has 0 saturated carbocycles. The Morgan fingerprint density at radius 2 is 1.83 bits per heavy atom. The number of aryl methyl sites for hydroxylation is 1. The van der Waals surface area contributed by atoms with Crippen molar-refractivity contribution in [1.29, 1.82) is 5.26 Å². The Morgan fingerprint density at radius 3 is 2.48 bits per heavy atom. The van der Waals surface area contributed by atoms with E-state index in [0.717, 1.165) is 11.1 Å². The van der Waals surface area contributed by atoms with E-state index in [-0.39, 0.29) is 5.69 Å². The number of benzene rings is 2. The molecule has 2 aromatic carbocycles. The van der Waals surface area contributed by atoms with E-state index in [2.05, 4.69) is 10.3 Å². The lowest BCUT2D eigenvalue weighted by molar-refractivity contribution is 0.585. The summed E-state index contributed by atoms with van der Waals surface area (Å²) in [5.74, 6) is 0.766. The van der Waals surface area contributed by atoms with Crippen LogP contribution in [0.5, 0.6) is 0 Å². The van der Waals surface area contributed by atoms with Crippen LogP contribution in [0.15, 0.2) is 52.9 Å². The van der Waals surface area contributed by atoms with Gasteiger partial charge in [-0.3, -0.25) is 0 Å². The van der Waals surface area contributed by atoms with Gasteiger partial charge in [0.1, 0.15) is 6.07 Å². The molecular weight excluding hydrogens is 310 g/mol.